The summed E-state index contributed by atoms with van der Waals surface area (Å²) in [7, 11) is 0. The first-order chi connectivity index (χ1) is 12.0. The molecule has 130 valence electrons. The minimum Gasteiger partial charge on any atom is -0.339 e. The van der Waals surface area contributed by atoms with Crippen molar-refractivity contribution in [3.05, 3.63) is 36.9 Å². The number of halogens is 1. The van der Waals surface area contributed by atoms with Gasteiger partial charge in [-0.2, -0.15) is 9.97 Å². The van der Waals surface area contributed by atoms with E-state index in [9.17, 15) is 9.59 Å². The van der Waals surface area contributed by atoms with Crippen molar-refractivity contribution < 1.29 is 9.59 Å². The number of aromatic nitrogens is 4. The molecule has 1 fully saturated rings. The van der Waals surface area contributed by atoms with Gasteiger partial charge in [-0.25, -0.2) is 4.98 Å². The summed E-state index contributed by atoms with van der Waals surface area (Å²) in [5, 5.41) is 2.61. The monoisotopic (exact) mass is 360 g/mol. The third-order valence-electron chi connectivity index (χ3n) is 4.17. The molecule has 0 radical (unpaired) electrons. The second kappa shape index (κ2) is 7.02. The summed E-state index contributed by atoms with van der Waals surface area (Å²) in [6.07, 6.45) is 5.66. The van der Waals surface area contributed by atoms with Gasteiger partial charge in [-0.3, -0.25) is 9.59 Å². The molecule has 0 aromatic carbocycles. The van der Waals surface area contributed by atoms with Crippen LogP contribution in [-0.2, 0) is 9.59 Å². The highest BCUT2D eigenvalue weighted by Gasteiger charge is 2.25. The Morgan fingerprint density at radius 3 is 2.60 bits per heavy atom. The third-order valence-corrected chi connectivity index (χ3v) is 4.33. The SMILES string of the molecule is C=CC(=O)Nc1nc(Cl)nc2c1ncn2C1CCN(C(=O)C=C)CC1. The van der Waals surface area contributed by atoms with Crippen LogP contribution in [0.5, 0.6) is 0 Å². The van der Waals surface area contributed by atoms with Crippen molar-refractivity contribution in [2.75, 3.05) is 18.4 Å². The summed E-state index contributed by atoms with van der Waals surface area (Å²) in [5.41, 5.74) is 1.01. The lowest BCUT2D eigenvalue weighted by molar-refractivity contribution is -0.127. The van der Waals surface area contributed by atoms with E-state index in [1.807, 2.05) is 4.57 Å². The lowest BCUT2D eigenvalue weighted by Gasteiger charge is -2.32. The normalized spacial score (nSPS) is 15.2. The summed E-state index contributed by atoms with van der Waals surface area (Å²) < 4.78 is 1.92. The zero-order chi connectivity index (χ0) is 18.0. The first kappa shape index (κ1) is 17.1. The van der Waals surface area contributed by atoms with E-state index < -0.39 is 5.91 Å². The van der Waals surface area contributed by atoms with Crippen LogP contribution < -0.4 is 5.32 Å². The Morgan fingerprint density at radius 1 is 1.24 bits per heavy atom. The largest absolute Gasteiger partial charge is 0.339 e. The van der Waals surface area contributed by atoms with E-state index >= 15 is 0 Å². The molecular formula is C16H17ClN6O2. The van der Waals surface area contributed by atoms with Crippen molar-refractivity contribution in [3.8, 4) is 0 Å². The Hall–Kier alpha value is -2.74. The molecule has 1 saturated heterocycles. The van der Waals surface area contributed by atoms with E-state index in [2.05, 4.69) is 33.4 Å². The van der Waals surface area contributed by atoms with Crippen molar-refractivity contribution in [2.45, 2.75) is 18.9 Å². The van der Waals surface area contributed by atoms with Gasteiger partial charge in [0.1, 0.15) is 0 Å². The van der Waals surface area contributed by atoms with Crippen LogP contribution in [-0.4, -0.2) is 49.3 Å². The highest BCUT2D eigenvalue weighted by molar-refractivity contribution is 6.28. The maximum Gasteiger partial charge on any atom is 0.248 e. The van der Waals surface area contributed by atoms with Crippen LogP contribution in [0, 0.1) is 0 Å². The van der Waals surface area contributed by atoms with Crippen LogP contribution in [0.15, 0.2) is 31.6 Å². The molecule has 3 rings (SSSR count). The average Bonchev–Trinajstić information content (AvgIpc) is 3.04. The van der Waals surface area contributed by atoms with Gasteiger partial charge in [0.25, 0.3) is 0 Å². The fourth-order valence-electron chi connectivity index (χ4n) is 2.91. The molecule has 2 amide bonds. The maximum atomic E-state index is 11.7. The molecule has 0 saturated carbocycles. The van der Waals surface area contributed by atoms with Gasteiger partial charge in [0.05, 0.1) is 6.33 Å². The van der Waals surface area contributed by atoms with E-state index in [-0.39, 0.29) is 23.1 Å². The maximum absolute atomic E-state index is 11.7. The van der Waals surface area contributed by atoms with Gasteiger partial charge in [0.2, 0.25) is 17.1 Å². The Bertz CT molecular complexity index is 854. The Kier molecular flexibility index (Phi) is 4.80. The number of amides is 2. The van der Waals surface area contributed by atoms with Gasteiger partial charge in [-0.05, 0) is 36.6 Å². The van der Waals surface area contributed by atoms with Crippen molar-refractivity contribution in [3.63, 3.8) is 0 Å². The lowest BCUT2D eigenvalue weighted by atomic mass is 10.0. The number of fused-ring (bicyclic) bond motifs is 1. The van der Waals surface area contributed by atoms with Gasteiger partial charge in [-0.1, -0.05) is 13.2 Å². The molecule has 9 heteroatoms. The molecule has 0 spiro atoms. The standard InChI is InChI=1S/C16H17ClN6O2/c1-3-11(24)19-14-13-15(21-16(17)20-14)23(9-18-13)10-5-7-22(8-6-10)12(25)4-2/h3-4,9-10H,1-2,5-8H2,(H,19,20,21,24). The number of rotatable bonds is 4. The summed E-state index contributed by atoms with van der Waals surface area (Å²) in [6, 6.07) is 0.132. The summed E-state index contributed by atoms with van der Waals surface area (Å²) >= 11 is 6.00. The molecule has 1 aliphatic rings. The van der Waals surface area contributed by atoms with Gasteiger partial charge >= 0.3 is 0 Å². The summed E-state index contributed by atoms with van der Waals surface area (Å²) in [6.45, 7) is 8.20. The molecule has 0 aliphatic carbocycles. The Morgan fingerprint density at radius 2 is 1.96 bits per heavy atom. The highest BCUT2D eigenvalue weighted by atomic mass is 35.5. The van der Waals surface area contributed by atoms with Crippen molar-refractivity contribution >= 4 is 40.4 Å². The number of anilines is 1. The van der Waals surface area contributed by atoms with Crippen LogP contribution in [0.2, 0.25) is 5.28 Å². The molecule has 2 aromatic rings. The van der Waals surface area contributed by atoms with Crippen LogP contribution >= 0.6 is 11.6 Å². The minimum atomic E-state index is -0.401. The van der Waals surface area contributed by atoms with E-state index in [1.165, 1.54) is 6.08 Å². The highest BCUT2D eigenvalue weighted by Crippen LogP contribution is 2.28. The Balaban J connectivity index is 1.88. The molecule has 1 N–H and O–H groups in total. The van der Waals surface area contributed by atoms with Crippen LogP contribution in [0.4, 0.5) is 5.82 Å². The number of piperidine rings is 1. The zero-order valence-corrected chi connectivity index (χ0v) is 14.2. The van der Waals surface area contributed by atoms with Crippen molar-refractivity contribution in [1.29, 1.82) is 0 Å². The van der Waals surface area contributed by atoms with Gasteiger partial charge in [0.15, 0.2) is 17.0 Å². The van der Waals surface area contributed by atoms with Gasteiger partial charge in [0, 0.05) is 19.1 Å². The number of hydrogen-bond donors (Lipinski definition) is 1. The third kappa shape index (κ3) is 3.39. The predicted octanol–water partition coefficient (Wildman–Crippen LogP) is 1.95. The number of hydrogen-bond acceptors (Lipinski definition) is 5. The quantitative estimate of drug-likeness (QED) is 0.664. The molecule has 2 aromatic heterocycles. The number of nitrogens with one attached hydrogen (secondary N) is 1. The molecule has 0 bridgehead atoms. The van der Waals surface area contributed by atoms with Crippen LogP contribution in [0.25, 0.3) is 11.2 Å². The number of imidazole rings is 1. The van der Waals surface area contributed by atoms with Gasteiger partial charge < -0.3 is 14.8 Å². The smallest absolute Gasteiger partial charge is 0.248 e. The number of carbonyl (C=O) groups excluding carboxylic acids is 2. The molecule has 0 unspecified atom stereocenters. The molecule has 8 nitrogen and oxygen atoms in total. The zero-order valence-electron chi connectivity index (χ0n) is 13.5. The minimum absolute atomic E-state index is 0.0212. The molecule has 3 heterocycles. The second-order valence-electron chi connectivity index (χ2n) is 5.62. The van der Waals surface area contributed by atoms with Crippen molar-refractivity contribution in [2.24, 2.45) is 0 Å². The summed E-state index contributed by atoms with van der Waals surface area (Å²) in [4.78, 5) is 37.6. The lowest BCUT2D eigenvalue weighted by Crippen LogP contribution is -2.38. The number of likely N-dealkylation sites (tertiary alicyclic amines) is 1. The first-order valence-electron chi connectivity index (χ1n) is 7.78. The van der Waals surface area contributed by atoms with Gasteiger partial charge in [-0.15, -0.1) is 0 Å². The van der Waals surface area contributed by atoms with Crippen LogP contribution in [0.3, 0.4) is 0 Å². The van der Waals surface area contributed by atoms with E-state index in [1.54, 1.807) is 11.2 Å². The summed E-state index contributed by atoms with van der Waals surface area (Å²) in [5.74, 6) is -0.214. The number of carbonyl (C=O) groups is 2. The molecule has 25 heavy (non-hydrogen) atoms. The molecular weight excluding hydrogens is 344 g/mol. The average molecular weight is 361 g/mol. The van der Waals surface area contributed by atoms with E-state index in [0.29, 0.717) is 24.3 Å². The van der Waals surface area contributed by atoms with Crippen molar-refractivity contribution in [1.82, 2.24) is 24.4 Å². The second-order valence-corrected chi connectivity index (χ2v) is 5.96. The fraction of sp³-hybridized carbons (Fsp3) is 0.312. The predicted molar refractivity (Wildman–Crippen MR) is 94.2 cm³/mol. The molecule has 1 aliphatic heterocycles. The Labute approximate surface area is 149 Å². The fourth-order valence-corrected chi connectivity index (χ4v) is 3.07. The van der Waals surface area contributed by atoms with Crippen LogP contribution in [0.1, 0.15) is 18.9 Å². The topological polar surface area (TPSA) is 93.0 Å². The number of nitrogens with zero attached hydrogens (tertiary/aromatic N) is 5. The van der Waals surface area contributed by atoms with E-state index in [0.717, 1.165) is 18.9 Å². The molecule has 0 atom stereocenters. The first-order valence-corrected chi connectivity index (χ1v) is 8.16. The van der Waals surface area contributed by atoms with E-state index in [4.69, 9.17) is 11.6 Å².